The molecular formula is C45H98O2S2. The van der Waals surface area contributed by atoms with Crippen molar-refractivity contribution < 1.29 is 9.47 Å². The third-order valence-corrected chi connectivity index (χ3v) is 9.32. The van der Waals surface area contributed by atoms with E-state index in [2.05, 4.69) is 157 Å². The van der Waals surface area contributed by atoms with Gasteiger partial charge in [0.15, 0.2) is 0 Å². The summed E-state index contributed by atoms with van der Waals surface area (Å²) in [4.78, 5) is 0. The number of hydrogen-bond acceptors (Lipinski definition) is 4. The Bertz CT molecular complexity index is 680. The smallest absolute Gasteiger partial charge is 0.0605 e. The van der Waals surface area contributed by atoms with Gasteiger partial charge in [-0.05, 0) is 132 Å². The molecule has 3 fully saturated rings. The van der Waals surface area contributed by atoms with Crippen LogP contribution in [0.1, 0.15) is 204 Å². The van der Waals surface area contributed by atoms with Crippen molar-refractivity contribution in [1.29, 1.82) is 0 Å². The molecule has 1 spiro atoms. The SMILES string of the molecule is CC(C)(C)C.CC(C)(C)OC(C)(C)C.CC(C)(C)SC(C)(C)C.COC.CSC.C[C@@H]1CC(C)(C)C[C@@H]1C.C[C@@H]1CC2(CCCC2)C[C@@H]1C. The van der Waals surface area contributed by atoms with Crippen LogP contribution in [0.2, 0.25) is 0 Å². The lowest BCUT2D eigenvalue weighted by Gasteiger charge is -2.30. The van der Waals surface area contributed by atoms with Crippen molar-refractivity contribution in [2.75, 3.05) is 26.7 Å². The van der Waals surface area contributed by atoms with E-state index in [4.69, 9.17) is 4.74 Å². The van der Waals surface area contributed by atoms with Gasteiger partial charge in [0.25, 0.3) is 0 Å². The van der Waals surface area contributed by atoms with Crippen molar-refractivity contribution in [3.8, 4) is 0 Å². The lowest BCUT2D eigenvalue weighted by Crippen LogP contribution is -2.31. The fraction of sp³-hybridized carbons (Fsp3) is 1.00. The lowest BCUT2D eigenvalue weighted by atomic mass is 9.83. The first kappa shape index (κ1) is 56.4. The van der Waals surface area contributed by atoms with Crippen LogP contribution in [0.4, 0.5) is 0 Å². The minimum Gasteiger partial charge on any atom is -0.388 e. The van der Waals surface area contributed by atoms with Gasteiger partial charge >= 0.3 is 0 Å². The minimum absolute atomic E-state index is 0.0156. The van der Waals surface area contributed by atoms with E-state index in [1.807, 2.05) is 24.3 Å². The van der Waals surface area contributed by atoms with E-state index in [1.165, 1.54) is 38.5 Å². The second-order valence-corrected chi connectivity index (χ2v) is 25.5. The van der Waals surface area contributed by atoms with Gasteiger partial charge in [-0.3, -0.25) is 0 Å². The van der Waals surface area contributed by atoms with Crippen LogP contribution in [0.15, 0.2) is 0 Å². The Labute approximate surface area is 322 Å². The number of rotatable bonds is 0. The van der Waals surface area contributed by atoms with Crippen LogP contribution in [0, 0.1) is 39.9 Å². The third-order valence-electron chi connectivity index (χ3n) is 8.09. The number of methoxy groups -OCH3 is 1. The largest absolute Gasteiger partial charge is 0.388 e. The molecule has 0 N–H and O–H groups in total. The van der Waals surface area contributed by atoms with Gasteiger partial charge in [-0.15, -0.1) is 0 Å². The first-order chi connectivity index (χ1) is 21.5. The summed E-state index contributed by atoms with van der Waals surface area (Å²) >= 11 is 3.76. The maximum Gasteiger partial charge on any atom is 0.0605 e. The predicted octanol–water partition coefficient (Wildman–Crippen LogP) is 15.9. The molecule has 4 heteroatoms. The molecule has 0 aromatic carbocycles. The van der Waals surface area contributed by atoms with Gasteiger partial charge in [0, 0.05) is 23.7 Å². The Hall–Kier alpha value is 0.620. The zero-order chi connectivity index (χ0) is 40.3. The summed E-state index contributed by atoms with van der Waals surface area (Å²) in [6.07, 6.45) is 16.1. The molecule has 0 aliphatic heterocycles. The molecule has 0 saturated heterocycles. The van der Waals surface area contributed by atoms with E-state index in [0.717, 1.165) is 29.1 Å². The van der Waals surface area contributed by atoms with Crippen molar-refractivity contribution in [1.82, 2.24) is 0 Å². The maximum atomic E-state index is 5.62. The Morgan fingerprint density at radius 1 is 0.510 bits per heavy atom. The van der Waals surface area contributed by atoms with Crippen LogP contribution in [-0.4, -0.2) is 47.4 Å². The molecule has 0 aromatic rings. The number of ether oxygens (including phenoxy) is 2. The summed E-state index contributed by atoms with van der Waals surface area (Å²) in [5, 5.41) is 0. The fourth-order valence-electron chi connectivity index (χ4n) is 7.45. The van der Waals surface area contributed by atoms with Gasteiger partial charge in [-0.25, -0.2) is 0 Å². The molecular weight excluding hydrogens is 637 g/mol. The van der Waals surface area contributed by atoms with Crippen molar-refractivity contribution in [2.24, 2.45) is 39.9 Å². The summed E-state index contributed by atoms with van der Waals surface area (Å²) in [6, 6.07) is 0. The predicted molar refractivity (Wildman–Crippen MR) is 235 cm³/mol. The lowest BCUT2D eigenvalue weighted by molar-refractivity contribution is -0.102. The molecule has 0 aromatic heterocycles. The monoisotopic (exact) mass is 735 g/mol. The summed E-state index contributed by atoms with van der Waals surface area (Å²) < 4.78 is 10.7. The fourth-order valence-corrected chi connectivity index (χ4v) is 9.29. The van der Waals surface area contributed by atoms with Gasteiger partial charge < -0.3 is 9.47 Å². The Morgan fingerprint density at radius 2 is 0.735 bits per heavy atom. The van der Waals surface area contributed by atoms with E-state index in [-0.39, 0.29) is 11.2 Å². The zero-order valence-corrected chi connectivity index (χ0v) is 40.7. The van der Waals surface area contributed by atoms with Crippen molar-refractivity contribution in [3.05, 3.63) is 0 Å². The van der Waals surface area contributed by atoms with Crippen LogP contribution >= 0.6 is 23.5 Å². The van der Waals surface area contributed by atoms with E-state index in [0.29, 0.717) is 20.3 Å². The van der Waals surface area contributed by atoms with Gasteiger partial charge in [-0.2, -0.15) is 23.5 Å². The quantitative estimate of drug-likeness (QED) is 0.247. The van der Waals surface area contributed by atoms with E-state index in [9.17, 15) is 0 Å². The molecule has 3 saturated carbocycles. The highest BCUT2D eigenvalue weighted by Gasteiger charge is 2.42. The normalized spacial score (nSPS) is 24.1. The van der Waals surface area contributed by atoms with Crippen LogP contribution < -0.4 is 0 Å². The Kier molecular flexibility index (Phi) is 28.6. The molecule has 3 aliphatic rings. The standard InChI is InChI=1S/C11H20.C9H18.C8H18O.C8H18S.C5H12.C2H6O.C2H6S/c1-9-7-11(8-10(9)2)5-3-4-6-11;1-7-5-9(3,4)6-8(7)2;2*1-7(2,3)9-8(4,5)6;1-5(2,3)4;2*1-3-2/h9-10H,3-8H2,1-2H3;7-8H,5-6H2,1-4H3;2*1-6H3;1-4H3;2*1-2H3/t9-,10+;7-,8+;;;;;. The Balaban J connectivity index is -0.000000252. The van der Waals surface area contributed by atoms with Crippen LogP contribution in [0.25, 0.3) is 0 Å². The molecule has 49 heavy (non-hydrogen) atoms. The molecule has 2 nitrogen and oxygen atoms in total. The Morgan fingerprint density at radius 3 is 0.857 bits per heavy atom. The van der Waals surface area contributed by atoms with Gasteiger partial charge in [0.1, 0.15) is 0 Å². The third kappa shape index (κ3) is 42.9. The second-order valence-electron chi connectivity index (χ2n) is 22.1. The van der Waals surface area contributed by atoms with Gasteiger partial charge in [-0.1, -0.05) is 124 Å². The van der Waals surface area contributed by atoms with Crippen molar-refractivity contribution in [3.63, 3.8) is 0 Å². The average Bonchev–Trinajstić information content (AvgIpc) is 3.40. The second kappa shape index (κ2) is 24.8. The highest BCUT2D eigenvalue weighted by Crippen LogP contribution is 2.54. The first-order valence-corrected chi connectivity index (χ1v) is 22.1. The summed E-state index contributed by atoms with van der Waals surface area (Å²) in [6.45, 7) is 49.1. The topological polar surface area (TPSA) is 18.5 Å². The number of thioether (sulfide) groups is 2. The van der Waals surface area contributed by atoms with Crippen molar-refractivity contribution in [2.45, 2.75) is 224 Å². The van der Waals surface area contributed by atoms with Crippen LogP contribution in [-0.2, 0) is 9.47 Å². The molecule has 4 atom stereocenters. The van der Waals surface area contributed by atoms with Gasteiger partial charge in [0.05, 0.1) is 11.2 Å². The van der Waals surface area contributed by atoms with Crippen molar-refractivity contribution >= 4 is 23.5 Å². The molecule has 0 unspecified atom stereocenters. The van der Waals surface area contributed by atoms with Gasteiger partial charge in [0.2, 0.25) is 0 Å². The molecule has 302 valence electrons. The van der Waals surface area contributed by atoms with E-state index >= 15 is 0 Å². The van der Waals surface area contributed by atoms with E-state index in [1.54, 1.807) is 38.8 Å². The molecule has 0 heterocycles. The summed E-state index contributed by atoms with van der Waals surface area (Å²) in [5.41, 5.74) is 1.94. The molecule has 0 radical (unpaired) electrons. The highest BCUT2D eigenvalue weighted by molar-refractivity contribution is 8.01. The number of hydrogen-bond donors (Lipinski definition) is 0. The zero-order valence-electron chi connectivity index (χ0n) is 39.1. The average molecular weight is 735 g/mol. The van der Waals surface area contributed by atoms with Crippen LogP contribution in [0.5, 0.6) is 0 Å². The molecule has 0 amide bonds. The first-order valence-electron chi connectivity index (χ1n) is 19.7. The minimum atomic E-state index is -0.0156. The summed E-state index contributed by atoms with van der Waals surface area (Å²) in [5.74, 6) is 3.93. The molecule has 3 rings (SSSR count). The highest BCUT2D eigenvalue weighted by atomic mass is 32.2. The van der Waals surface area contributed by atoms with Crippen LogP contribution in [0.3, 0.4) is 0 Å². The maximum absolute atomic E-state index is 5.62. The van der Waals surface area contributed by atoms with E-state index < -0.39 is 0 Å². The molecule has 3 aliphatic carbocycles. The molecule has 0 bridgehead atoms. The summed E-state index contributed by atoms with van der Waals surface area (Å²) in [7, 11) is 3.25.